The molecular formula is C16H10ClF3N2O3S. The molecule has 0 unspecified atom stereocenters. The van der Waals surface area contributed by atoms with Crippen LogP contribution >= 0.6 is 10.7 Å². The number of fused-ring (bicyclic) bond motifs is 1. The van der Waals surface area contributed by atoms with Gasteiger partial charge in [0.15, 0.2) is 0 Å². The topological polar surface area (TPSA) is 69.2 Å². The van der Waals surface area contributed by atoms with E-state index in [0.29, 0.717) is 16.5 Å². The fraction of sp³-hybridized carbons (Fsp3) is 0.125. The predicted molar refractivity (Wildman–Crippen MR) is 89.6 cm³/mol. The van der Waals surface area contributed by atoms with Gasteiger partial charge >= 0.3 is 6.18 Å². The van der Waals surface area contributed by atoms with Gasteiger partial charge in [-0.1, -0.05) is 6.07 Å². The third kappa shape index (κ3) is 3.45. The maximum Gasteiger partial charge on any atom is 0.416 e. The van der Waals surface area contributed by atoms with Gasteiger partial charge in [-0.2, -0.15) is 23.4 Å². The van der Waals surface area contributed by atoms with Gasteiger partial charge in [0, 0.05) is 27.2 Å². The number of nitrogens with zero attached hydrogens (tertiary/aromatic N) is 2. The molecule has 0 saturated carbocycles. The minimum Gasteiger partial charge on any atom is -0.496 e. The summed E-state index contributed by atoms with van der Waals surface area (Å²) < 4.78 is 66.7. The molecule has 3 rings (SSSR count). The van der Waals surface area contributed by atoms with Gasteiger partial charge in [-0.3, -0.25) is 0 Å². The molecule has 0 spiro atoms. The molecule has 5 nitrogen and oxygen atoms in total. The smallest absolute Gasteiger partial charge is 0.416 e. The van der Waals surface area contributed by atoms with E-state index in [9.17, 15) is 21.6 Å². The van der Waals surface area contributed by atoms with E-state index in [-0.39, 0.29) is 16.2 Å². The highest BCUT2D eigenvalue weighted by atomic mass is 35.7. The van der Waals surface area contributed by atoms with Crippen LogP contribution in [0.15, 0.2) is 47.5 Å². The highest BCUT2D eigenvalue weighted by Crippen LogP contribution is 2.39. The summed E-state index contributed by atoms with van der Waals surface area (Å²) in [6, 6.07) is 7.08. The number of aromatic nitrogens is 2. The molecule has 0 bridgehead atoms. The lowest BCUT2D eigenvalue weighted by molar-refractivity contribution is -0.137. The second kappa shape index (κ2) is 6.40. The van der Waals surface area contributed by atoms with Gasteiger partial charge in [-0.15, -0.1) is 0 Å². The van der Waals surface area contributed by atoms with E-state index in [1.807, 2.05) is 0 Å². The van der Waals surface area contributed by atoms with Crippen LogP contribution in [0.1, 0.15) is 5.56 Å². The molecule has 1 heterocycles. The van der Waals surface area contributed by atoms with Crippen LogP contribution in [-0.2, 0) is 15.2 Å². The van der Waals surface area contributed by atoms with Crippen molar-refractivity contribution in [2.75, 3.05) is 7.11 Å². The van der Waals surface area contributed by atoms with Crippen molar-refractivity contribution >= 4 is 30.6 Å². The molecule has 0 aliphatic rings. The monoisotopic (exact) mass is 402 g/mol. The molecule has 0 atom stereocenters. The van der Waals surface area contributed by atoms with Crippen molar-refractivity contribution in [1.29, 1.82) is 0 Å². The Kier molecular flexibility index (Phi) is 4.53. The zero-order valence-electron chi connectivity index (χ0n) is 13.1. The van der Waals surface area contributed by atoms with Crippen molar-refractivity contribution in [1.82, 2.24) is 10.2 Å². The van der Waals surface area contributed by atoms with E-state index < -0.39 is 20.8 Å². The SMILES string of the molecule is COc1cc(C(F)(F)F)ccc1-c1cnnc2cc(S(=O)(=O)Cl)ccc12. The van der Waals surface area contributed by atoms with Gasteiger partial charge in [0.25, 0.3) is 9.05 Å². The molecular weight excluding hydrogens is 393 g/mol. The largest absolute Gasteiger partial charge is 0.496 e. The second-order valence-electron chi connectivity index (χ2n) is 5.29. The Morgan fingerprint density at radius 2 is 1.81 bits per heavy atom. The quantitative estimate of drug-likeness (QED) is 0.612. The summed E-state index contributed by atoms with van der Waals surface area (Å²) in [6.07, 6.45) is -3.14. The van der Waals surface area contributed by atoms with E-state index in [2.05, 4.69) is 10.2 Å². The zero-order valence-corrected chi connectivity index (χ0v) is 14.7. The minimum atomic E-state index is -4.51. The van der Waals surface area contributed by atoms with Crippen LogP contribution in [0.2, 0.25) is 0 Å². The van der Waals surface area contributed by atoms with Gasteiger partial charge in [-0.05, 0) is 30.3 Å². The average Bonchev–Trinajstić information content (AvgIpc) is 2.58. The van der Waals surface area contributed by atoms with E-state index in [4.69, 9.17) is 15.4 Å². The highest BCUT2D eigenvalue weighted by molar-refractivity contribution is 8.13. The zero-order chi connectivity index (χ0) is 19.1. The molecule has 3 aromatic rings. The standard InChI is InChI=1S/C16H10ClF3N2O3S/c1-25-15-6-9(16(18,19)20)2-4-12(15)13-8-21-22-14-7-10(26(17,23)24)3-5-11(13)14/h2-8H,1H3. The number of halogens is 4. The number of alkyl halides is 3. The van der Waals surface area contributed by atoms with Crippen molar-refractivity contribution in [2.45, 2.75) is 11.1 Å². The molecule has 0 amide bonds. The molecule has 2 aromatic carbocycles. The van der Waals surface area contributed by atoms with Crippen molar-refractivity contribution < 1.29 is 26.3 Å². The molecule has 1 aromatic heterocycles. The number of rotatable bonds is 3. The van der Waals surface area contributed by atoms with Crippen LogP contribution < -0.4 is 4.74 Å². The van der Waals surface area contributed by atoms with Crippen molar-refractivity contribution in [2.24, 2.45) is 0 Å². The Balaban J connectivity index is 2.23. The third-order valence-electron chi connectivity index (χ3n) is 3.71. The number of hydrogen-bond acceptors (Lipinski definition) is 5. The molecule has 26 heavy (non-hydrogen) atoms. The summed E-state index contributed by atoms with van der Waals surface area (Å²) in [5, 5.41) is 8.14. The van der Waals surface area contributed by atoms with Crippen molar-refractivity contribution in [3.05, 3.63) is 48.2 Å². The molecule has 0 aliphatic heterocycles. The van der Waals surface area contributed by atoms with Gasteiger partial charge in [0.2, 0.25) is 0 Å². The number of ether oxygens (including phenoxy) is 1. The summed E-state index contributed by atoms with van der Waals surface area (Å²) in [4.78, 5) is -0.155. The lowest BCUT2D eigenvalue weighted by Gasteiger charge is -2.14. The average molecular weight is 403 g/mol. The van der Waals surface area contributed by atoms with Crippen LogP contribution in [0, 0.1) is 0 Å². The van der Waals surface area contributed by atoms with E-state index in [1.165, 1.54) is 37.6 Å². The van der Waals surface area contributed by atoms with Gasteiger partial charge in [0.05, 0.1) is 29.3 Å². The van der Waals surface area contributed by atoms with E-state index >= 15 is 0 Å². The summed E-state index contributed by atoms with van der Waals surface area (Å²) in [7, 11) is 2.63. The molecule has 0 fully saturated rings. The first-order valence-electron chi connectivity index (χ1n) is 7.07. The Morgan fingerprint density at radius 1 is 1.08 bits per heavy atom. The van der Waals surface area contributed by atoms with Crippen LogP contribution in [0.3, 0.4) is 0 Å². The Hall–Kier alpha value is -2.39. The van der Waals surface area contributed by atoms with E-state index in [0.717, 1.165) is 12.1 Å². The van der Waals surface area contributed by atoms with Crippen molar-refractivity contribution in [3.63, 3.8) is 0 Å². The molecule has 136 valence electrons. The van der Waals surface area contributed by atoms with Crippen LogP contribution in [-0.4, -0.2) is 25.7 Å². The predicted octanol–water partition coefficient (Wildman–Crippen LogP) is 4.25. The maximum atomic E-state index is 12.9. The molecule has 0 radical (unpaired) electrons. The van der Waals surface area contributed by atoms with Gasteiger partial charge in [-0.25, -0.2) is 8.42 Å². The molecule has 10 heteroatoms. The summed E-state index contributed by atoms with van der Waals surface area (Å²) in [5.41, 5.74) is 0.187. The fourth-order valence-corrected chi connectivity index (χ4v) is 3.27. The summed E-state index contributed by atoms with van der Waals surface area (Å²) >= 11 is 0. The lowest BCUT2D eigenvalue weighted by atomic mass is 10.00. The molecule has 0 N–H and O–H groups in total. The fourth-order valence-electron chi connectivity index (χ4n) is 2.50. The normalized spacial score (nSPS) is 12.3. The number of benzene rings is 2. The number of methoxy groups -OCH3 is 1. The summed E-state index contributed by atoms with van der Waals surface area (Å²) in [5.74, 6) is 0.00293. The van der Waals surface area contributed by atoms with Crippen molar-refractivity contribution in [3.8, 4) is 16.9 Å². The van der Waals surface area contributed by atoms with E-state index in [1.54, 1.807) is 0 Å². The van der Waals surface area contributed by atoms with Gasteiger partial charge in [0.1, 0.15) is 5.75 Å². The van der Waals surface area contributed by atoms with Gasteiger partial charge < -0.3 is 4.74 Å². The number of hydrogen-bond donors (Lipinski definition) is 0. The lowest BCUT2D eigenvalue weighted by Crippen LogP contribution is -2.05. The second-order valence-corrected chi connectivity index (χ2v) is 7.85. The highest BCUT2D eigenvalue weighted by Gasteiger charge is 2.31. The third-order valence-corrected chi connectivity index (χ3v) is 5.06. The van der Waals surface area contributed by atoms with Crippen LogP contribution in [0.5, 0.6) is 5.75 Å². The molecule has 0 aliphatic carbocycles. The first kappa shape index (κ1) is 18.4. The van der Waals surface area contributed by atoms with Crippen LogP contribution in [0.4, 0.5) is 13.2 Å². The Bertz CT molecular complexity index is 1100. The van der Waals surface area contributed by atoms with Crippen LogP contribution in [0.25, 0.3) is 22.0 Å². The first-order chi connectivity index (χ1) is 12.1. The first-order valence-corrected chi connectivity index (χ1v) is 9.38. The Labute approximate surface area is 150 Å². The maximum absolute atomic E-state index is 12.9. The molecule has 0 saturated heterocycles. The Morgan fingerprint density at radius 3 is 2.42 bits per heavy atom. The minimum absolute atomic E-state index is 0.00293. The summed E-state index contributed by atoms with van der Waals surface area (Å²) in [6.45, 7) is 0.